The van der Waals surface area contributed by atoms with Gasteiger partial charge < -0.3 is 20.4 Å². The lowest BCUT2D eigenvalue weighted by molar-refractivity contribution is -0.137. The van der Waals surface area contributed by atoms with Gasteiger partial charge >= 0.3 is 6.18 Å². The van der Waals surface area contributed by atoms with E-state index in [0.717, 1.165) is 49.9 Å². The predicted octanol–water partition coefficient (Wildman–Crippen LogP) is 5.15. The molecule has 218 valence electrons. The number of aryl methyl sites for hydroxylation is 1. The average molecular weight is 560 g/mol. The minimum Gasteiger partial charge on any atom is -0.369 e. The van der Waals surface area contributed by atoms with Gasteiger partial charge in [0.05, 0.1) is 0 Å². The summed E-state index contributed by atoms with van der Waals surface area (Å²) in [5, 5.41) is 6.00. The minimum absolute atomic E-state index is 0.0931. The fourth-order valence-electron chi connectivity index (χ4n) is 6.06. The van der Waals surface area contributed by atoms with Crippen molar-refractivity contribution in [3.05, 3.63) is 35.5 Å². The predicted molar refractivity (Wildman–Crippen MR) is 151 cm³/mol. The van der Waals surface area contributed by atoms with Gasteiger partial charge in [0.15, 0.2) is 0 Å². The Morgan fingerprint density at radius 3 is 2.70 bits per heavy atom. The summed E-state index contributed by atoms with van der Waals surface area (Å²) in [6.07, 6.45) is 0.811. The van der Waals surface area contributed by atoms with Gasteiger partial charge in [-0.25, -0.2) is 4.98 Å². The smallest absolute Gasteiger partial charge is 0.369 e. The van der Waals surface area contributed by atoms with Crippen LogP contribution in [0, 0.1) is 5.41 Å². The van der Waals surface area contributed by atoms with E-state index in [1.54, 1.807) is 4.90 Å². The van der Waals surface area contributed by atoms with Crippen LogP contribution in [-0.4, -0.2) is 77.5 Å². The summed E-state index contributed by atoms with van der Waals surface area (Å²) in [4.78, 5) is 27.4. The van der Waals surface area contributed by atoms with Gasteiger partial charge in [0, 0.05) is 68.3 Å². The summed E-state index contributed by atoms with van der Waals surface area (Å²) in [7, 11) is 0. The highest BCUT2D eigenvalue weighted by atomic mass is 19.4. The van der Waals surface area contributed by atoms with Crippen molar-refractivity contribution < 1.29 is 18.0 Å². The number of rotatable bonds is 9. The number of alkyl halides is 3. The number of fused-ring (bicyclic) bond motifs is 1. The van der Waals surface area contributed by atoms with Crippen LogP contribution in [0.15, 0.2) is 24.4 Å². The molecule has 1 atom stereocenters. The Bertz CT molecular complexity index is 1220. The highest BCUT2D eigenvalue weighted by Gasteiger charge is 2.38. The largest absolute Gasteiger partial charge is 0.421 e. The summed E-state index contributed by atoms with van der Waals surface area (Å²) >= 11 is 0. The average Bonchev–Trinajstić information content (AvgIpc) is 3.49. The lowest BCUT2D eigenvalue weighted by Gasteiger charge is -2.39. The van der Waals surface area contributed by atoms with Crippen LogP contribution in [0.5, 0.6) is 0 Å². The Hall–Kier alpha value is -3.08. The van der Waals surface area contributed by atoms with E-state index in [-0.39, 0.29) is 29.6 Å². The number of benzene rings is 1. The molecule has 3 fully saturated rings. The summed E-state index contributed by atoms with van der Waals surface area (Å²) in [6.45, 7) is 11.6. The summed E-state index contributed by atoms with van der Waals surface area (Å²) in [5.41, 5.74) is 1.73. The van der Waals surface area contributed by atoms with Crippen molar-refractivity contribution >= 4 is 29.0 Å². The van der Waals surface area contributed by atoms with Crippen molar-refractivity contribution in [3.63, 3.8) is 0 Å². The molecule has 0 spiro atoms. The molecule has 40 heavy (non-hydrogen) atoms. The highest BCUT2D eigenvalue weighted by Crippen LogP contribution is 2.35. The van der Waals surface area contributed by atoms with Crippen molar-refractivity contribution in [3.8, 4) is 0 Å². The van der Waals surface area contributed by atoms with E-state index in [9.17, 15) is 18.0 Å². The van der Waals surface area contributed by atoms with Gasteiger partial charge in [0.2, 0.25) is 11.9 Å². The van der Waals surface area contributed by atoms with Crippen LogP contribution in [-0.2, 0) is 17.4 Å². The van der Waals surface area contributed by atoms with Gasteiger partial charge in [-0.05, 0) is 62.4 Å². The van der Waals surface area contributed by atoms with Gasteiger partial charge in [-0.2, -0.15) is 18.2 Å². The molecular formula is C29H40F3N7O. The molecule has 0 bridgehead atoms. The first-order valence-electron chi connectivity index (χ1n) is 14.4. The first kappa shape index (κ1) is 28.4. The SMILES string of the molecule is CCc1cc(N2CCN3CCCC3C2)ccc1Nc1ncc(C(F)(F)F)c(NCCCN2CCC(C)(C)C2=O)n1. The van der Waals surface area contributed by atoms with Crippen molar-refractivity contribution in [1.82, 2.24) is 19.8 Å². The van der Waals surface area contributed by atoms with Gasteiger partial charge in [0.25, 0.3) is 0 Å². The van der Waals surface area contributed by atoms with Crippen molar-refractivity contribution in [2.24, 2.45) is 5.41 Å². The number of nitrogens with zero attached hydrogens (tertiary/aromatic N) is 5. The fourth-order valence-corrected chi connectivity index (χ4v) is 6.06. The standard InChI is InChI=1S/C29H40F3N7O/c1-4-20-17-21(39-16-15-37-12-5-7-22(37)19-39)8-9-24(20)35-27-34-18-23(29(30,31)32)25(36-27)33-11-6-13-38-14-10-28(2,3)26(38)40/h8-9,17-18,22H,4-7,10-16,19H2,1-3H3,(H2,33,34,35,36). The van der Waals surface area contributed by atoms with E-state index in [1.165, 1.54) is 25.1 Å². The third-order valence-corrected chi connectivity index (χ3v) is 8.53. The second kappa shape index (κ2) is 11.4. The molecule has 4 heterocycles. The molecule has 1 aromatic heterocycles. The molecule has 2 aromatic rings. The normalized spacial score (nSPS) is 21.1. The molecule has 11 heteroatoms. The topological polar surface area (TPSA) is 76.6 Å². The molecule has 3 saturated heterocycles. The molecule has 0 radical (unpaired) electrons. The molecule has 1 amide bonds. The van der Waals surface area contributed by atoms with Gasteiger partial charge in [-0.15, -0.1) is 0 Å². The maximum atomic E-state index is 13.7. The lowest BCUT2D eigenvalue weighted by atomic mass is 9.92. The van der Waals surface area contributed by atoms with Crippen LogP contribution in [0.3, 0.4) is 0 Å². The Morgan fingerprint density at radius 2 is 1.98 bits per heavy atom. The lowest BCUT2D eigenvalue weighted by Crippen LogP contribution is -2.50. The van der Waals surface area contributed by atoms with Crippen LogP contribution in [0.1, 0.15) is 57.6 Å². The quantitative estimate of drug-likeness (QED) is 0.412. The number of piperazine rings is 1. The third kappa shape index (κ3) is 6.14. The molecule has 3 aliphatic rings. The van der Waals surface area contributed by atoms with Crippen molar-refractivity contribution in [1.29, 1.82) is 0 Å². The van der Waals surface area contributed by atoms with E-state index < -0.39 is 11.7 Å². The fraction of sp³-hybridized carbons (Fsp3) is 0.621. The number of halogens is 3. The maximum Gasteiger partial charge on any atom is 0.421 e. The van der Waals surface area contributed by atoms with Gasteiger partial charge in [0.1, 0.15) is 11.4 Å². The Balaban J connectivity index is 1.26. The number of aromatic nitrogens is 2. The molecule has 2 N–H and O–H groups in total. The van der Waals surface area contributed by atoms with Crippen LogP contribution >= 0.6 is 0 Å². The summed E-state index contributed by atoms with van der Waals surface area (Å²) in [5.74, 6) is -0.0632. The third-order valence-electron chi connectivity index (χ3n) is 8.53. The van der Waals surface area contributed by atoms with E-state index in [2.05, 4.69) is 49.5 Å². The molecule has 0 aliphatic carbocycles. The number of amides is 1. The van der Waals surface area contributed by atoms with Crippen LogP contribution in [0.2, 0.25) is 0 Å². The monoisotopic (exact) mass is 559 g/mol. The van der Waals surface area contributed by atoms with E-state index in [0.29, 0.717) is 25.6 Å². The van der Waals surface area contributed by atoms with E-state index >= 15 is 0 Å². The van der Waals surface area contributed by atoms with Crippen molar-refractivity contribution in [2.75, 3.05) is 61.3 Å². The van der Waals surface area contributed by atoms with Crippen LogP contribution in [0.4, 0.5) is 36.3 Å². The first-order chi connectivity index (χ1) is 19.0. The number of hydrogen-bond donors (Lipinski definition) is 2. The number of carbonyl (C=O) groups is 1. The minimum atomic E-state index is -4.59. The second-order valence-corrected chi connectivity index (χ2v) is 11.8. The number of likely N-dealkylation sites (tertiary alicyclic amines) is 1. The van der Waals surface area contributed by atoms with Crippen LogP contribution in [0.25, 0.3) is 0 Å². The van der Waals surface area contributed by atoms with Gasteiger partial charge in [-0.3, -0.25) is 9.69 Å². The number of hydrogen-bond acceptors (Lipinski definition) is 7. The highest BCUT2D eigenvalue weighted by molar-refractivity contribution is 5.84. The summed E-state index contributed by atoms with van der Waals surface area (Å²) in [6, 6.07) is 6.82. The zero-order chi connectivity index (χ0) is 28.5. The Kier molecular flexibility index (Phi) is 8.13. The first-order valence-corrected chi connectivity index (χ1v) is 14.4. The van der Waals surface area contributed by atoms with E-state index in [4.69, 9.17) is 0 Å². The Morgan fingerprint density at radius 1 is 1.15 bits per heavy atom. The number of nitrogens with one attached hydrogen (secondary N) is 2. The second-order valence-electron chi connectivity index (χ2n) is 11.8. The zero-order valence-electron chi connectivity index (χ0n) is 23.7. The molecular weight excluding hydrogens is 519 g/mol. The molecule has 0 saturated carbocycles. The molecule has 5 rings (SSSR count). The molecule has 8 nitrogen and oxygen atoms in total. The molecule has 1 aromatic carbocycles. The van der Waals surface area contributed by atoms with E-state index in [1.807, 2.05) is 19.9 Å². The molecule has 3 aliphatic heterocycles. The van der Waals surface area contributed by atoms with Gasteiger partial charge in [-0.1, -0.05) is 20.8 Å². The number of anilines is 4. The Labute approximate surface area is 234 Å². The zero-order valence-corrected chi connectivity index (χ0v) is 23.7. The van der Waals surface area contributed by atoms with Crippen molar-refractivity contribution in [2.45, 2.75) is 65.1 Å². The maximum absolute atomic E-state index is 13.7. The summed E-state index contributed by atoms with van der Waals surface area (Å²) < 4.78 is 41.2. The molecule has 1 unspecified atom stereocenters. The number of carbonyl (C=O) groups excluding carboxylic acids is 1. The van der Waals surface area contributed by atoms with Crippen LogP contribution < -0.4 is 15.5 Å².